The highest BCUT2D eigenvalue weighted by molar-refractivity contribution is 6.39. The molecule has 6 heteroatoms. The summed E-state index contributed by atoms with van der Waals surface area (Å²) in [6.45, 7) is 2.70. The Hall–Kier alpha value is -1.91. The Morgan fingerprint density at radius 2 is 1.77 bits per heavy atom. The first kappa shape index (κ1) is 16.5. The van der Waals surface area contributed by atoms with Crippen LogP contribution in [0.15, 0.2) is 42.5 Å². The third kappa shape index (κ3) is 4.55. The van der Waals surface area contributed by atoms with Crippen LogP contribution >= 0.6 is 23.2 Å². The van der Waals surface area contributed by atoms with Crippen molar-refractivity contribution in [1.82, 2.24) is 5.32 Å². The smallest absolute Gasteiger partial charge is 0.319 e. The topological polar surface area (TPSA) is 50.4 Å². The Balaban J connectivity index is 1.78. The van der Waals surface area contributed by atoms with Gasteiger partial charge in [-0.05, 0) is 30.7 Å². The maximum absolute atomic E-state index is 11.8. The number of benzene rings is 2. The second-order valence-electron chi connectivity index (χ2n) is 4.59. The van der Waals surface area contributed by atoms with Crippen molar-refractivity contribution in [3.63, 3.8) is 0 Å². The van der Waals surface area contributed by atoms with E-state index in [1.165, 1.54) is 0 Å². The Morgan fingerprint density at radius 1 is 1.09 bits per heavy atom. The first-order chi connectivity index (χ1) is 10.6. The average molecular weight is 339 g/mol. The largest absolute Gasteiger partial charge is 0.491 e. The summed E-state index contributed by atoms with van der Waals surface area (Å²) < 4.78 is 5.59. The van der Waals surface area contributed by atoms with Gasteiger partial charge in [0.15, 0.2) is 0 Å². The van der Waals surface area contributed by atoms with E-state index >= 15 is 0 Å². The monoisotopic (exact) mass is 338 g/mol. The maximum atomic E-state index is 11.8. The van der Waals surface area contributed by atoms with Crippen LogP contribution in [0.1, 0.15) is 5.56 Å². The van der Waals surface area contributed by atoms with E-state index in [0.29, 0.717) is 28.9 Å². The lowest BCUT2D eigenvalue weighted by atomic mass is 10.2. The lowest BCUT2D eigenvalue weighted by Gasteiger charge is -2.12. The summed E-state index contributed by atoms with van der Waals surface area (Å²) >= 11 is 12.0. The summed E-state index contributed by atoms with van der Waals surface area (Å²) in [5.74, 6) is 0.804. The average Bonchev–Trinajstić information content (AvgIpc) is 2.49. The fraction of sp³-hybridized carbons (Fsp3) is 0.188. The molecule has 2 amide bonds. The number of amides is 2. The Morgan fingerprint density at radius 3 is 2.45 bits per heavy atom. The molecule has 0 aliphatic heterocycles. The molecule has 0 bridgehead atoms. The van der Waals surface area contributed by atoms with Gasteiger partial charge < -0.3 is 15.4 Å². The van der Waals surface area contributed by atoms with Gasteiger partial charge in [-0.15, -0.1) is 0 Å². The van der Waals surface area contributed by atoms with Crippen molar-refractivity contribution >= 4 is 34.9 Å². The fourth-order valence-electron chi connectivity index (χ4n) is 1.82. The molecule has 0 aromatic heterocycles. The Bertz CT molecular complexity index is 642. The number of halogens is 2. The third-order valence-electron chi connectivity index (χ3n) is 2.94. The van der Waals surface area contributed by atoms with Crippen LogP contribution in [0.25, 0.3) is 0 Å². The molecule has 0 aliphatic rings. The van der Waals surface area contributed by atoms with Crippen molar-refractivity contribution in [3.8, 4) is 5.75 Å². The minimum atomic E-state index is -0.386. The summed E-state index contributed by atoms with van der Waals surface area (Å²) in [5.41, 5.74) is 1.44. The van der Waals surface area contributed by atoms with Gasteiger partial charge in [-0.25, -0.2) is 4.79 Å². The molecule has 0 fully saturated rings. The molecule has 4 nitrogen and oxygen atoms in total. The fourth-order valence-corrected chi connectivity index (χ4v) is 2.31. The summed E-state index contributed by atoms with van der Waals surface area (Å²) in [6.07, 6.45) is 0. The van der Waals surface area contributed by atoms with Crippen LogP contribution in [0.4, 0.5) is 10.5 Å². The second kappa shape index (κ2) is 7.92. The van der Waals surface area contributed by atoms with Crippen LogP contribution in [0.2, 0.25) is 10.0 Å². The maximum Gasteiger partial charge on any atom is 0.319 e. The van der Waals surface area contributed by atoms with Crippen molar-refractivity contribution in [2.24, 2.45) is 0 Å². The summed E-state index contributed by atoms with van der Waals surface area (Å²) in [7, 11) is 0. The van der Waals surface area contributed by atoms with E-state index in [-0.39, 0.29) is 6.03 Å². The van der Waals surface area contributed by atoms with E-state index in [9.17, 15) is 4.79 Å². The molecule has 2 aromatic carbocycles. The molecular formula is C16H16Cl2N2O2. The predicted octanol–water partition coefficient (Wildman–Crippen LogP) is 4.50. The van der Waals surface area contributed by atoms with Gasteiger partial charge in [-0.1, -0.05) is 47.5 Å². The van der Waals surface area contributed by atoms with E-state index < -0.39 is 0 Å². The van der Waals surface area contributed by atoms with Gasteiger partial charge in [0.2, 0.25) is 0 Å². The predicted molar refractivity (Wildman–Crippen MR) is 90.2 cm³/mol. The van der Waals surface area contributed by atoms with Crippen molar-refractivity contribution < 1.29 is 9.53 Å². The highest BCUT2D eigenvalue weighted by atomic mass is 35.5. The number of aryl methyl sites for hydroxylation is 1. The standard InChI is InChI=1S/C16H16Cl2N2O2/c1-11-5-2-3-8-14(11)22-10-9-19-16(21)20-15-12(17)6-4-7-13(15)18/h2-8H,9-10H2,1H3,(H2,19,20,21). The molecule has 2 rings (SSSR count). The van der Waals surface area contributed by atoms with Crippen LogP contribution in [0.5, 0.6) is 5.75 Å². The molecule has 2 aromatic rings. The molecule has 2 N–H and O–H groups in total. The van der Waals surface area contributed by atoms with Crippen LogP contribution in [-0.2, 0) is 0 Å². The second-order valence-corrected chi connectivity index (χ2v) is 5.41. The zero-order valence-electron chi connectivity index (χ0n) is 12.0. The number of nitrogens with one attached hydrogen (secondary N) is 2. The number of para-hydroxylation sites is 2. The van der Waals surface area contributed by atoms with E-state index in [4.69, 9.17) is 27.9 Å². The van der Waals surface area contributed by atoms with Gasteiger partial charge in [-0.2, -0.15) is 0 Å². The van der Waals surface area contributed by atoms with E-state index in [2.05, 4.69) is 10.6 Å². The SMILES string of the molecule is Cc1ccccc1OCCNC(=O)Nc1c(Cl)cccc1Cl. The Labute approximate surface area is 139 Å². The minimum Gasteiger partial charge on any atom is -0.491 e. The van der Waals surface area contributed by atoms with Gasteiger partial charge in [0.25, 0.3) is 0 Å². The highest BCUT2D eigenvalue weighted by Gasteiger charge is 2.08. The van der Waals surface area contributed by atoms with Gasteiger partial charge in [-0.3, -0.25) is 0 Å². The number of urea groups is 1. The third-order valence-corrected chi connectivity index (χ3v) is 3.57. The van der Waals surface area contributed by atoms with Gasteiger partial charge in [0.1, 0.15) is 12.4 Å². The number of rotatable bonds is 5. The lowest BCUT2D eigenvalue weighted by molar-refractivity contribution is 0.247. The summed E-state index contributed by atoms with van der Waals surface area (Å²) in [5, 5.41) is 6.08. The highest BCUT2D eigenvalue weighted by Crippen LogP contribution is 2.29. The van der Waals surface area contributed by atoms with E-state index in [0.717, 1.165) is 11.3 Å². The number of anilines is 1. The molecular weight excluding hydrogens is 323 g/mol. The number of carbonyl (C=O) groups excluding carboxylic acids is 1. The number of carbonyl (C=O) groups is 1. The first-order valence-corrected chi connectivity index (χ1v) is 7.51. The lowest BCUT2D eigenvalue weighted by Crippen LogP contribution is -2.32. The number of ether oxygens (including phenoxy) is 1. The molecule has 0 spiro atoms. The van der Waals surface area contributed by atoms with E-state index in [1.807, 2.05) is 31.2 Å². The van der Waals surface area contributed by atoms with Crippen molar-refractivity contribution in [2.75, 3.05) is 18.5 Å². The minimum absolute atomic E-state index is 0.363. The van der Waals surface area contributed by atoms with Crippen LogP contribution in [-0.4, -0.2) is 19.2 Å². The van der Waals surface area contributed by atoms with Crippen LogP contribution < -0.4 is 15.4 Å². The molecule has 0 saturated heterocycles. The molecule has 0 atom stereocenters. The van der Waals surface area contributed by atoms with Crippen molar-refractivity contribution in [2.45, 2.75) is 6.92 Å². The molecule has 116 valence electrons. The quantitative estimate of drug-likeness (QED) is 0.788. The molecule has 0 aliphatic carbocycles. The summed E-state index contributed by atoms with van der Waals surface area (Å²) in [4.78, 5) is 11.8. The van der Waals surface area contributed by atoms with Gasteiger partial charge in [0, 0.05) is 0 Å². The number of hydrogen-bond donors (Lipinski definition) is 2. The van der Waals surface area contributed by atoms with Crippen molar-refractivity contribution in [3.05, 3.63) is 58.1 Å². The van der Waals surface area contributed by atoms with Crippen LogP contribution in [0, 0.1) is 6.92 Å². The zero-order valence-corrected chi connectivity index (χ0v) is 13.5. The van der Waals surface area contributed by atoms with Gasteiger partial charge in [0.05, 0.1) is 22.3 Å². The zero-order chi connectivity index (χ0) is 15.9. The molecule has 22 heavy (non-hydrogen) atoms. The number of hydrogen-bond acceptors (Lipinski definition) is 2. The normalized spacial score (nSPS) is 10.1. The van der Waals surface area contributed by atoms with E-state index in [1.54, 1.807) is 18.2 Å². The first-order valence-electron chi connectivity index (χ1n) is 6.75. The Kier molecular flexibility index (Phi) is 5.92. The molecule has 0 heterocycles. The summed E-state index contributed by atoms with van der Waals surface area (Å²) in [6, 6.07) is 12.3. The van der Waals surface area contributed by atoms with Crippen LogP contribution in [0.3, 0.4) is 0 Å². The molecule has 0 unspecified atom stereocenters. The molecule has 0 radical (unpaired) electrons. The molecule has 0 saturated carbocycles. The van der Waals surface area contributed by atoms with Gasteiger partial charge >= 0.3 is 6.03 Å². The van der Waals surface area contributed by atoms with Crippen molar-refractivity contribution in [1.29, 1.82) is 0 Å².